The predicted octanol–water partition coefficient (Wildman–Crippen LogP) is -0.0382. The number of aromatic nitrogens is 2. The lowest BCUT2D eigenvalue weighted by atomic mass is 10.4. The van der Waals surface area contributed by atoms with Gasteiger partial charge in [-0.2, -0.15) is 0 Å². The average molecular weight is 153 g/mol. The number of nitrogens with zero attached hydrogens (tertiary/aromatic N) is 2. The van der Waals surface area contributed by atoms with E-state index >= 15 is 0 Å². The van der Waals surface area contributed by atoms with Crippen molar-refractivity contribution in [2.45, 2.75) is 18.9 Å². The molecule has 0 aliphatic heterocycles. The van der Waals surface area contributed by atoms with Crippen molar-refractivity contribution < 1.29 is 9.42 Å². The molecule has 1 saturated carbocycles. The molecule has 1 fully saturated rings. The zero-order valence-electron chi connectivity index (χ0n) is 5.78. The van der Waals surface area contributed by atoms with Crippen LogP contribution in [0.4, 0.5) is 0 Å². The summed E-state index contributed by atoms with van der Waals surface area (Å²) in [5.41, 5.74) is 0.247. The zero-order valence-corrected chi connectivity index (χ0v) is 5.78. The Hall–Kier alpha value is -1.39. The molecule has 1 amide bonds. The van der Waals surface area contributed by atoms with E-state index in [1.807, 2.05) is 0 Å². The van der Waals surface area contributed by atoms with Gasteiger partial charge in [-0.05, 0) is 18.0 Å². The molecule has 5 heteroatoms. The Morgan fingerprint density at radius 1 is 1.73 bits per heavy atom. The highest BCUT2D eigenvalue weighted by molar-refractivity contribution is 5.92. The van der Waals surface area contributed by atoms with Crippen molar-refractivity contribution in [3.05, 3.63) is 11.9 Å². The van der Waals surface area contributed by atoms with Gasteiger partial charge in [0.25, 0.3) is 5.91 Å². The number of carbonyl (C=O) groups excluding carboxylic acids is 1. The van der Waals surface area contributed by atoms with E-state index in [4.69, 9.17) is 0 Å². The highest BCUT2D eigenvalue weighted by atomic mass is 16.6. The van der Waals surface area contributed by atoms with Crippen LogP contribution in [0.1, 0.15) is 23.3 Å². The van der Waals surface area contributed by atoms with Gasteiger partial charge < -0.3 is 5.32 Å². The topological polar surface area (TPSA) is 68.0 Å². The molecule has 1 heterocycles. The summed E-state index contributed by atoms with van der Waals surface area (Å²) in [7, 11) is 0. The minimum absolute atomic E-state index is 0.200. The molecule has 1 aromatic heterocycles. The summed E-state index contributed by atoms with van der Waals surface area (Å²) in [6, 6.07) is 0.346. The first-order valence-electron chi connectivity index (χ1n) is 3.44. The molecule has 0 atom stereocenters. The Labute approximate surface area is 62.7 Å². The Morgan fingerprint density at radius 3 is 3.09 bits per heavy atom. The quantitative estimate of drug-likeness (QED) is 0.647. The fraction of sp³-hybridized carbons (Fsp3) is 0.500. The molecular formula is C6H7N3O2. The van der Waals surface area contributed by atoms with Gasteiger partial charge in [0, 0.05) is 6.04 Å². The van der Waals surface area contributed by atoms with Crippen LogP contribution in [0.15, 0.2) is 10.8 Å². The van der Waals surface area contributed by atoms with Crippen LogP contribution in [-0.4, -0.2) is 22.3 Å². The Kier molecular flexibility index (Phi) is 1.34. The largest absolute Gasteiger partial charge is 0.348 e. The van der Waals surface area contributed by atoms with E-state index in [1.165, 1.54) is 6.20 Å². The summed E-state index contributed by atoms with van der Waals surface area (Å²) in [5, 5.41) is 9.48. The average Bonchev–Trinajstić information content (AvgIpc) is 2.67. The number of rotatable bonds is 2. The third-order valence-electron chi connectivity index (χ3n) is 1.51. The van der Waals surface area contributed by atoms with Gasteiger partial charge >= 0.3 is 0 Å². The second-order valence-electron chi connectivity index (χ2n) is 2.54. The van der Waals surface area contributed by atoms with Gasteiger partial charge in [0.1, 0.15) is 6.20 Å². The first-order valence-corrected chi connectivity index (χ1v) is 3.44. The Balaban J connectivity index is 1.99. The molecule has 0 spiro atoms. The predicted molar refractivity (Wildman–Crippen MR) is 34.8 cm³/mol. The summed E-state index contributed by atoms with van der Waals surface area (Å²) in [6.45, 7) is 0. The Morgan fingerprint density at radius 2 is 2.55 bits per heavy atom. The van der Waals surface area contributed by atoms with E-state index in [1.54, 1.807) is 0 Å². The van der Waals surface area contributed by atoms with Gasteiger partial charge in [-0.15, -0.1) is 0 Å². The van der Waals surface area contributed by atoms with Gasteiger partial charge in [-0.1, -0.05) is 5.16 Å². The molecule has 11 heavy (non-hydrogen) atoms. The minimum Gasteiger partial charge on any atom is -0.348 e. The van der Waals surface area contributed by atoms with Crippen molar-refractivity contribution in [2.24, 2.45) is 0 Å². The lowest BCUT2D eigenvalue weighted by molar-refractivity contribution is 0.0941. The van der Waals surface area contributed by atoms with Crippen LogP contribution >= 0.6 is 0 Å². The number of hydrogen-bond donors (Lipinski definition) is 1. The maximum absolute atomic E-state index is 11.1. The molecule has 1 aliphatic carbocycles. The molecule has 0 aromatic carbocycles. The molecule has 1 N–H and O–H groups in total. The van der Waals surface area contributed by atoms with Crippen molar-refractivity contribution in [3.8, 4) is 0 Å². The van der Waals surface area contributed by atoms with Crippen LogP contribution in [0.5, 0.6) is 0 Å². The smallest absolute Gasteiger partial charge is 0.275 e. The highest BCUT2D eigenvalue weighted by Crippen LogP contribution is 2.18. The van der Waals surface area contributed by atoms with E-state index in [0.29, 0.717) is 6.04 Å². The van der Waals surface area contributed by atoms with E-state index in [2.05, 4.69) is 20.3 Å². The van der Waals surface area contributed by atoms with Crippen LogP contribution in [0.25, 0.3) is 0 Å². The second kappa shape index (κ2) is 2.34. The van der Waals surface area contributed by atoms with Gasteiger partial charge in [0.05, 0.1) is 0 Å². The van der Waals surface area contributed by atoms with Gasteiger partial charge in [0.15, 0.2) is 5.69 Å². The first-order chi connectivity index (χ1) is 5.36. The maximum Gasteiger partial charge on any atom is 0.275 e. The summed E-state index contributed by atoms with van der Waals surface area (Å²) in [5.74, 6) is -0.200. The van der Waals surface area contributed by atoms with Crippen molar-refractivity contribution in [3.63, 3.8) is 0 Å². The first kappa shape index (κ1) is 6.33. The minimum atomic E-state index is -0.200. The number of nitrogens with one attached hydrogen (secondary N) is 1. The van der Waals surface area contributed by atoms with Crippen LogP contribution in [0.3, 0.4) is 0 Å². The maximum atomic E-state index is 11.1. The summed E-state index contributed by atoms with van der Waals surface area (Å²) < 4.78 is 4.28. The summed E-state index contributed by atoms with van der Waals surface area (Å²) in [6.07, 6.45) is 3.44. The molecule has 2 rings (SSSR count). The van der Waals surface area contributed by atoms with Crippen LogP contribution in [0.2, 0.25) is 0 Å². The van der Waals surface area contributed by atoms with Crippen molar-refractivity contribution in [1.82, 2.24) is 15.6 Å². The van der Waals surface area contributed by atoms with Crippen molar-refractivity contribution >= 4 is 5.91 Å². The van der Waals surface area contributed by atoms with Crippen molar-refractivity contribution in [2.75, 3.05) is 0 Å². The molecule has 0 saturated heterocycles. The lowest BCUT2D eigenvalue weighted by Gasteiger charge is -1.95. The molecule has 1 aliphatic rings. The van der Waals surface area contributed by atoms with E-state index in [9.17, 15) is 4.79 Å². The van der Waals surface area contributed by atoms with Crippen LogP contribution < -0.4 is 5.32 Å². The van der Waals surface area contributed by atoms with Gasteiger partial charge in [-0.3, -0.25) is 4.79 Å². The SMILES string of the molecule is O=C(NC1CC1)c1cnon1. The number of hydrogen-bond acceptors (Lipinski definition) is 4. The van der Waals surface area contributed by atoms with Crippen LogP contribution in [0, 0.1) is 0 Å². The van der Waals surface area contributed by atoms with Crippen molar-refractivity contribution in [1.29, 1.82) is 0 Å². The molecule has 1 aromatic rings. The fourth-order valence-electron chi connectivity index (χ4n) is 0.752. The molecular weight excluding hydrogens is 146 g/mol. The van der Waals surface area contributed by atoms with E-state index in [0.717, 1.165) is 12.8 Å². The number of carbonyl (C=O) groups is 1. The lowest BCUT2D eigenvalue weighted by Crippen LogP contribution is -2.25. The molecule has 5 nitrogen and oxygen atoms in total. The molecule has 58 valence electrons. The van der Waals surface area contributed by atoms with E-state index in [-0.39, 0.29) is 11.6 Å². The Bertz CT molecular complexity index is 253. The van der Waals surface area contributed by atoms with E-state index < -0.39 is 0 Å². The third-order valence-corrected chi connectivity index (χ3v) is 1.51. The number of amides is 1. The van der Waals surface area contributed by atoms with Gasteiger partial charge in [-0.25, -0.2) is 4.63 Å². The third kappa shape index (κ3) is 1.36. The molecule has 0 radical (unpaired) electrons. The molecule has 0 bridgehead atoms. The highest BCUT2D eigenvalue weighted by Gasteiger charge is 2.24. The summed E-state index contributed by atoms with van der Waals surface area (Å²) >= 11 is 0. The monoisotopic (exact) mass is 153 g/mol. The molecule has 0 unspecified atom stereocenters. The van der Waals surface area contributed by atoms with Crippen LogP contribution in [-0.2, 0) is 0 Å². The standard InChI is InChI=1S/C6H7N3O2/c10-6(8-4-1-2-4)5-3-7-11-9-5/h3-4H,1-2H2,(H,8,10). The normalized spacial score (nSPS) is 16.4. The zero-order chi connectivity index (χ0) is 7.68. The second-order valence-corrected chi connectivity index (χ2v) is 2.54. The fourth-order valence-corrected chi connectivity index (χ4v) is 0.752. The van der Waals surface area contributed by atoms with Gasteiger partial charge in [0.2, 0.25) is 0 Å². The summed E-state index contributed by atoms with van der Waals surface area (Å²) in [4.78, 5) is 11.1.